The van der Waals surface area contributed by atoms with E-state index >= 15 is 0 Å². The lowest BCUT2D eigenvalue weighted by Crippen LogP contribution is -2.33. The molecule has 0 spiro atoms. The molecule has 0 aromatic heterocycles. The van der Waals surface area contributed by atoms with Crippen LogP contribution in [0.2, 0.25) is 0 Å². The number of rotatable bonds is 3. The topological polar surface area (TPSA) is 61.8 Å². The number of carbonyl (C=O) groups is 2. The van der Waals surface area contributed by atoms with E-state index in [1.807, 2.05) is 0 Å². The molecule has 0 saturated carbocycles. The number of nitrogens with one attached hydrogen (secondary N) is 1. The Morgan fingerprint density at radius 3 is 2.72 bits per heavy atom. The smallest absolute Gasteiger partial charge is 0.224 e. The third kappa shape index (κ3) is 3.26. The Labute approximate surface area is 107 Å². The van der Waals surface area contributed by atoms with E-state index in [0.29, 0.717) is 13.1 Å². The average molecular weight is 249 g/mol. The molecule has 1 saturated heterocycles. The molecule has 0 bridgehead atoms. The monoisotopic (exact) mass is 249 g/mol. The van der Waals surface area contributed by atoms with Crippen LogP contribution in [0.4, 0.5) is 0 Å². The molecule has 0 aromatic carbocycles. The molecule has 2 rings (SSSR count). The zero-order valence-corrected chi connectivity index (χ0v) is 10.7. The number of amides is 1. The van der Waals surface area contributed by atoms with Crippen LogP contribution in [-0.4, -0.2) is 42.1 Å². The van der Waals surface area contributed by atoms with Gasteiger partial charge in [0.05, 0.1) is 0 Å². The first-order chi connectivity index (χ1) is 8.66. The first-order valence-electron chi connectivity index (χ1n) is 6.39. The third-order valence-electron chi connectivity index (χ3n) is 3.43. The van der Waals surface area contributed by atoms with Crippen molar-refractivity contribution in [1.82, 2.24) is 10.2 Å². The van der Waals surface area contributed by atoms with Crippen molar-refractivity contribution in [2.75, 3.05) is 19.8 Å². The maximum absolute atomic E-state index is 12.1. The van der Waals surface area contributed by atoms with Gasteiger partial charge in [0, 0.05) is 31.2 Å². The third-order valence-corrected chi connectivity index (χ3v) is 3.43. The van der Waals surface area contributed by atoms with Crippen LogP contribution in [0, 0.1) is 5.92 Å². The number of allylic oxidation sites excluding steroid dienone is 1. The SMILES string of the molecule is CC(=O)N1C=CC(CC(=O)C2CCNCC2)=NC1. The molecule has 2 heterocycles. The Balaban J connectivity index is 1.85. The molecule has 98 valence electrons. The predicted octanol–water partition coefficient (Wildman–Crippen LogP) is 0.719. The summed E-state index contributed by atoms with van der Waals surface area (Å²) in [5.74, 6) is 0.420. The molecule has 18 heavy (non-hydrogen) atoms. The van der Waals surface area contributed by atoms with E-state index in [1.165, 1.54) is 11.8 Å². The Kier molecular flexibility index (Phi) is 4.25. The molecule has 2 aliphatic rings. The molecular formula is C13H19N3O2. The van der Waals surface area contributed by atoms with Crippen molar-refractivity contribution in [3.05, 3.63) is 12.3 Å². The highest BCUT2D eigenvalue weighted by Gasteiger charge is 2.22. The van der Waals surface area contributed by atoms with Crippen molar-refractivity contribution < 1.29 is 9.59 Å². The summed E-state index contributed by atoms with van der Waals surface area (Å²) in [6, 6.07) is 0. The van der Waals surface area contributed by atoms with Crippen LogP contribution in [0.3, 0.4) is 0 Å². The summed E-state index contributed by atoms with van der Waals surface area (Å²) in [6.45, 7) is 3.69. The van der Waals surface area contributed by atoms with Crippen LogP contribution >= 0.6 is 0 Å². The Bertz CT molecular complexity index is 395. The zero-order chi connectivity index (χ0) is 13.0. The number of Topliss-reactive ketones (excluding diaryl/α,β-unsaturated/α-hetero) is 1. The molecule has 2 aliphatic heterocycles. The van der Waals surface area contributed by atoms with Crippen molar-refractivity contribution in [3.63, 3.8) is 0 Å². The lowest BCUT2D eigenvalue weighted by molar-refractivity contribution is -0.126. The normalized spacial score (nSPS) is 20.7. The summed E-state index contributed by atoms with van der Waals surface area (Å²) in [6.07, 6.45) is 5.72. The fourth-order valence-corrected chi connectivity index (χ4v) is 2.23. The van der Waals surface area contributed by atoms with E-state index in [1.54, 1.807) is 12.3 Å². The molecule has 5 heteroatoms. The van der Waals surface area contributed by atoms with Gasteiger partial charge in [0.2, 0.25) is 5.91 Å². The van der Waals surface area contributed by atoms with Crippen molar-refractivity contribution in [2.24, 2.45) is 10.9 Å². The number of aliphatic imine (C=N–C) groups is 1. The fraction of sp³-hybridized carbons (Fsp3) is 0.615. The van der Waals surface area contributed by atoms with Crippen LogP contribution in [0.1, 0.15) is 26.2 Å². The summed E-state index contributed by atoms with van der Waals surface area (Å²) in [4.78, 5) is 29.0. The second-order valence-electron chi connectivity index (χ2n) is 4.76. The molecule has 0 aromatic rings. The van der Waals surface area contributed by atoms with Gasteiger partial charge in [-0.15, -0.1) is 0 Å². The Morgan fingerprint density at radius 2 is 2.17 bits per heavy atom. The van der Waals surface area contributed by atoms with E-state index < -0.39 is 0 Å². The maximum atomic E-state index is 12.1. The lowest BCUT2D eigenvalue weighted by atomic mass is 9.91. The number of hydrogen-bond donors (Lipinski definition) is 1. The van der Waals surface area contributed by atoms with Gasteiger partial charge in [0.1, 0.15) is 12.5 Å². The van der Waals surface area contributed by atoms with Crippen LogP contribution in [0.25, 0.3) is 0 Å². The van der Waals surface area contributed by atoms with Crippen LogP contribution in [0.5, 0.6) is 0 Å². The molecule has 0 unspecified atom stereocenters. The number of ketones is 1. The zero-order valence-electron chi connectivity index (χ0n) is 10.7. The summed E-state index contributed by atoms with van der Waals surface area (Å²) in [7, 11) is 0. The first-order valence-corrected chi connectivity index (χ1v) is 6.39. The number of piperidine rings is 1. The van der Waals surface area contributed by atoms with E-state index in [2.05, 4.69) is 10.3 Å². The van der Waals surface area contributed by atoms with Crippen molar-refractivity contribution >= 4 is 17.4 Å². The van der Waals surface area contributed by atoms with Gasteiger partial charge in [-0.05, 0) is 32.0 Å². The predicted molar refractivity (Wildman–Crippen MR) is 69.2 cm³/mol. The van der Waals surface area contributed by atoms with Gasteiger partial charge in [-0.1, -0.05) is 0 Å². The van der Waals surface area contributed by atoms with Gasteiger partial charge in [-0.3, -0.25) is 19.5 Å². The quantitative estimate of drug-likeness (QED) is 0.801. The van der Waals surface area contributed by atoms with Gasteiger partial charge in [-0.25, -0.2) is 0 Å². The molecule has 1 N–H and O–H groups in total. The standard InChI is InChI=1S/C13H19N3O2/c1-10(17)16-7-4-12(15-9-16)8-13(18)11-2-5-14-6-3-11/h4,7,11,14H,2-3,5-6,8-9H2,1H3. The van der Waals surface area contributed by atoms with Gasteiger partial charge in [0.15, 0.2) is 0 Å². The molecule has 1 amide bonds. The van der Waals surface area contributed by atoms with E-state index in [-0.39, 0.29) is 17.6 Å². The van der Waals surface area contributed by atoms with Crippen LogP contribution in [0.15, 0.2) is 17.3 Å². The highest BCUT2D eigenvalue weighted by Crippen LogP contribution is 2.16. The summed E-state index contributed by atoms with van der Waals surface area (Å²) < 4.78 is 0. The van der Waals surface area contributed by atoms with E-state index in [4.69, 9.17) is 0 Å². The minimum absolute atomic E-state index is 0.0290. The van der Waals surface area contributed by atoms with Gasteiger partial charge in [-0.2, -0.15) is 0 Å². The molecule has 1 fully saturated rings. The second kappa shape index (κ2) is 5.91. The second-order valence-corrected chi connectivity index (χ2v) is 4.76. The van der Waals surface area contributed by atoms with Crippen LogP contribution in [-0.2, 0) is 9.59 Å². The lowest BCUT2D eigenvalue weighted by Gasteiger charge is -2.22. The summed E-state index contributed by atoms with van der Waals surface area (Å²) >= 11 is 0. The minimum Gasteiger partial charge on any atom is -0.317 e. The average Bonchev–Trinajstić information content (AvgIpc) is 2.40. The van der Waals surface area contributed by atoms with Crippen molar-refractivity contribution in [3.8, 4) is 0 Å². The molecule has 5 nitrogen and oxygen atoms in total. The molecule has 0 radical (unpaired) electrons. The Morgan fingerprint density at radius 1 is 1.44 bits per heavy atom. The fourth-order valence-electron chi connectivity index (χ4n) is 2.23. The first kappa shape index (κ1) is 13.0. The number of carbonyl (C=O) groups excluding carboxylic acids is 2. The number of nitrogens with zero attached hydrogens (tertiary/aromatic N) is 2. The minimum atomic E-state index is -0.0290. The summed E-state index contributed by atoms with van der Waals surface area (Å²) in [5, 5.41) is 3.25. The Hall–Kier alpha value is -1.49. The van der Waals surface area contributed by atoms with E-state index in [9.17, 15) is 9.59 Å². The van der Waals surface area contributed by atoms with Gasteiger partial charge in [0.25, 0.3) is 0 Å². The van der Waals surface area contributed by atoms with Crippen LogP contribution < -0.4 is 5.32 Å². The largest absolute Gasteiger partial charge is 0.317 e. The molecular weight excluding hydrogens is 230 g/mol. The highest BCUT2D eigenvalue weighted by atomic mass is 16.2. The maximum Gasteiger partial charge on any atom is 0.224 e. The summed E-state index contributed by atoms with van der Waals surface area (Å²) in [5.41, 5.74) is 0.788. The molecule has 0 atom stereocenters. The van der Waals surface area contributed by atoms with Gasteiger partial charge >= 0.3 is 0 Å². The van der Waals surface area contributed by atoms with Crippen molar-refractivity contribution in [1.29, 1.82) is 0 Å². The highest BCUT2D eigenvalue weighted by molar-refractivity contribution is 6.08. The number of hydrogen-bond acceptors (Lipinski definition) is 4. The van der Waals surface area contributed by atoms with Gasteiger partial charge < -0.3 is 5.32 Å². The van der Waals surface area contributed by atoms with Crippen molar-refractivity contribution in [2.45, 2.75) is 26.2 Å². The van der Waals surface area contributed by atoms with E-state index in [0.717, 1.165) is 31.6 Å². The molecule has 0 aliphatic carbocycles.